The Bertz CT molecular complexity index is 1100. The molecule has 0 saturated carbocycles. The maximum Gasteiger partial charge on any atom is 0.410 e. The summed E-state index contributed by atoms with van der Waals surface area (Å²) in [5.41, 5.74) is 2.27. The molecule has 4 aromatic rings. The van der Waals surface area contributed by atoms with Crippen molar-refractivity contribution < 1.29 is 19.6 Å². The highest BCUT2D eigenvalue weighted by molar-refractivity contribution is 5.95. The van der Waals surface area contributed by atoms with Crippen molar-refractivity contribution in [3.8, 4) is 28.7 Å². The molecule has 0 fully saturated rings. The lowest BCUT2D eigenvalue weighted by molar-refractivity contribution is 0.209. The normalized spacial score (nSPS) is 11.1. The van der Waals surface area contributed by atoms with Crippen LogP contribution in [0.15, 0.2) is 29.2 Å². The number of fused-ring (bicyclic) bond motifs is 1. The predicted molar refractivity (Wildman–Crippen MR) is 89.6 cm³/mol. The van der Waals surface area contributed by atoms with Gasteiger partial charge in [0.2, 0.25) is 5.82 Å². The molecule has 4 heterocycles. The van der Waals surface area contributed by atoms with E-state index < -0.39 is 6.09 Å². The average Bonchev–Trinajstić information content (AvgIpc) is 3.33. The van der Waals surface area contributed by atoms with Crippen LogP contribution in [0.3, 0.4) is 0 Å². The van der Waals surface area contributed by atoms with Crippen LogP contribution in [0.4, 0.5) is 10.6 Å². The lowest BCUT2D eigenvalue weighted by atomic mass is 10.2. The fraction of sp³-hybridized carbons (Fsp3) is 0.133. The summed E-state index contributed by atoms with van der Waals surface area (Å²) < 4.78 is 6.35. The minimum Gasteiger partial charge on any atom is -0.504 e. The summed E-state index contributed by atoms with van der Waals surface area (Å²) in [4.78, 5) is 22.8. The van der Waals surface area contributed by atoms with Crippen LogP contribution in [0.1, 0.15) is 6.92 Å². The standard InChI is InChI=1S/C15H13N7O4/c1-2-22-12-8(23)6-17-9(7-4-3-5-16-7)10(12)18-14(22)11-13(19-15(24)25)21-26-20-11/h3-6,16,23H,2H2,1H3,(H,19,21)(H,24,25). The molecule has 0 aliphatic rings. The van der Waals surface area contributed by atoms with Crippen LogP contribution in [0, 0.1) is 0 Å². The van der Waals surface area contributed by atoms with E-state index in [1.807, 2.05) is 19.1 Å². The molecule has 0 saturated heterocycles. The van der Waals surface area contributed by atoms with E-state index in [9.17, 15) is 9.90 Å². The van der Waals surface area contributed by atoms with Gasteiger partial charge >= 0.3 is 6.09 Å². The number of aromatic nitrogens is 6. The van der Waals surface area contributed by atoms with E-state index in [1.165, 1.54) is 6.20 Å². The molecule has 0 unspecified atom stereocenters. The van der Waals surface area contributed by atoms with Crippen molar-refractivity contribution >= 4 is 22.9 Å². The molecule has 11 nitrogen and oxygen atoms in total. The smallest absolute Gasteiger partial charge is 0.410 e. The second kappa shape index (κ2) is 5.88. The molecule has 4 aromatic heterocycles. The van der Waals surface area contributed by atoms with Crippen molar-refractivity contribution in [3.05, 3.63) is 24.5 Å². The second-order valence-corrected chi connectivity index (χ2v) is 5.34. The zero-order valence-electron chi connectivity index (χ0n) is 13.5. The average molecular weight is 355 g/mol. The number of aromatic hydroxyl groups is 1. The molecule has 132 valence electrons. The first-order chi connectivity index (χ1) is 12.6. The summed E-state index contributed by atoms with van der Waals surface area (Å²) in [6.45, 7) is 2.30. The van der Waals surface area contributed by atoms with Gasteiger partial charge in [-0.3, -0.25) is 5.32 Å². The number of pyridine rings is 1. The maximum atomic E-state index is 10.9. The van der Waals surface area contributed by atoms with Gasteiger partial charge in [-0.2, -0.15) is 0 Å². The molecule has 4 N–H and O–H groups in total. The zero-order chi connectivity index (χ0) is 18.3. The quantitative estimate of drug-likeness (QED) is 0.434. The number of imidazole rings is 1. The summed E-state index contributed by atoms with van der Waals surface area (Å²) >= 11 is 0. The first-order valence-electron chi connectivity index (χ1n) is 7.65. The van der Waals surface area contributed by atoms with Gasteiger partial charge in [-0.05, 0) is 29.4 Å². The summed E-state index contributed by atoms with van der Waals surface area (Å²) in [6, 6.07) is 3.66. The Morgan fingerprint density at radius 3 is 2.92 bits per heavy atom. The van der Waals surface area contributed by atoms with Crippen LogP contribution < -0.4 is 5.32 Å². The summed E-state index contributed by atoms with van der Waals surface area (Å²) in [7, 11) is 0. The van der Waals surface area contributed by atoms with Crippen LogP contribution >= 0.6 is 0 Å². The summed E-state index contributed by atoms with van der Waals surface area (Å²) in [6.07, 6.45) is 1.79. The molecular formula is C15H13N7O4. The number of hydrogen-bond acceptors (Lipinski definition) is 7. The third-order valence-electron chi connectivity index (χ3n) is 3.85. The Hall–Kier alpha value is -3.89. The van der Waals surface area contributed by atoms with Crippen LogP contribution in [-0.4, -0.2) is 46.1 Å². The van der Waals surface area contributed by atoms with E-state index in [0.29, 0.717) is 29.1 Å². The number of amides is 1. The number of aromatic amines is 1. The maximum absolute atomic E-state index is 10.9. The number of nitrogens with zero attached hydrogens (tertiary/aromatic N) is 5. The van der Waals surface area contributed by atoms with E-state index in [1.54, 1.807) is 10.8 Å². The van der Waals surface area contributed by atoms with E-state index in [0.717, 1.165) is 5.69 Å². The highest BCUT2D eigenvalue weighted by Gasteiger charge is 2.25. The predicted octanol–water partition coefficient (Wildman–Crippen LogP) is 2.29. The van der Waals surface area contributed by atoms with Crippen molar-refractivity contribution in [2.24, 2.45) is 0 Å². The Morgan fingerprint density at radius 1 is 1.38 bits per heavy atom. The lowest BCUT2D eigenvalue weighted by Gasteiger charge is -2.06. The molecule has 0 spiro atoms. The molecule has 1 amide bonds. The van der Waals surface area contributed by atoms with Gasteiger partial charge in [-0.25, -0.2) is 19.4 Å². The number of hydrogen-bond donors (Lipinski definition) is 4. The Kier molecular flexibility index (Phi) is 3.53. The first-order valence-corrected chi connectivity index (χ1v) is 7.65. The van der Waals surface area contributed by atoms with Gasteiger partial charge in [0.15, 0.2) is 17.3 Å². The zero-order valence-corrected chi connectivity index (χ0v) is 13.5. The molecule has 0 bridgehead atoms. The van der Waals surface area contributed by atoms with E-state index in [4.69, 9.17) is 5.11 Å². The van der Waals surface area contributed by atoms with Gasteiger partial charge in [0, 0.05) is 12.7 Å². The van der Waals surface area contributed by atoms with E-state index in [2.05, 4.69) is 35.2 Å². The van der Waals surface area contributed by atoms with Crippen LogP contribution in [-0.2, 0) is 6.54 Å². The van der Waals surface area contributed by atoms with E-state index >= 15 is 0 Å². The molecule has 0 aliphatic heterocycles. The second-order valence-electron chi connectivity index (χ2n) is 5.34. The largest absolute Gasteiger partial charge is 0.504 e. The van der Waals surface area contributed by atoms with Crippen molar-refractivity contribution in [1.82, 2.24) is 29.8 Å². The van der Waals surface area contributed by atoms with Gasteiger partial charge in [-0.15, -0.1) is 0 Å². The third-order valence-corrected chi connectivity index (χ3v) is 3.85. The van der Waals surface area contributed by atoms with Gasteiger partial charge in [0.1, 0.15) is 16.7 Å². The first kappa shape index (κ1) is 15.6. The minimum absolute atomic E-state index is 0.0555. The molecule has 11 heteroatoms. The number of H-pyrrole nitrogens is 1. The number of aryl methyl sites for hydroxylation is 1. The highest BCUT2D eigenvalue weighted by atomic mass is 16.6. The third kappa shape index (κ3) is 2.33. The van der Waals surface area contributed by atoms with Crippen LogP contribution in [0.25, 0.3) is 33.9 Å². The Morgan fingerprint density at radius 2 is 2.23 bits per heavy atom. The Balaban J connectivity index is 2.00. The van der Waals surface area contributed by atoms with Gasteiger partial charge in [-0.1, -0.05) is 0 Å². The van der Waals surface area contributed by atoms with Gasteiger partial charge < -0.3 is 19.8 Å². The number of rotatable bonds is 4. The van der Waals surface area contributed by atoms with Crippen LogP contribution in [0.5, 0.6) is 5.75 Å². The van der Waals surface area contributed by atoms with E-state index in [-0.39, 0.29) is 17.3 Å². The molecule has 0 radical (unpaired) electrons. The van der Waals surface area contributed by atoms with Crippen molar-refractivity contribution in [2.75, 3.05) is 5.32 Å². The van der Waals surface area contributed by atoms with Gasteiger partial charge in [0.05, 0.1) is 11.9 Å². The Labute approximate surface area is 145 Å². The van der Waals surface area contributed by atoms with Crippen molar-refractivity contribution in [1.29, 1.82) is 0 Å². The van der Waals surface area contributed by atoms with Gasteiger partial charge in [0.25, 0.3) is 0 Å². The number of carbonyl (C=O) groups is 1. The highest BCUT2D eigenvalue weighted by Crippen LogP contribution is 2.35. The van der Waals surface area contributed by atoms with Crippen molar-refractivity contribution in [3.63, 3.8) is 0 Å². The lowest BCUT2D eigenvalue weighted by Crippen LogP contribution is -2.09. The number of nitrogens with one attached hydrogen (secondary N) is 2. The fourth-order valence-corrected chi connectivity index (χ4v) is 2.81. The summed E-state index contributed by atoms with van der Waals surface area (Å²) in [5, 5.41) is 28.7. The SMILES string of the molecule is CCn1c(-c2nonc2NC(=O)O)nc2c(-c3ccc[nH]3)ncc(O)c21. The minimum atomic E-state index is -1.31. The summed E-state index contributed by atoms with van der Waals surface area (Å²) in [5.74, 6) is 0.153. The van der Waals surface area contributed by atoms with Crippen LogP contribution in [0.2, 0.25) is 0 Å². The van der Waals surface area contributed by atoms with Crippen molar-refractivity contribution in [2.45, 2.75) is 13.5 Å². The fourth-order valence-electron chi connectivity index (χ4n) is 2.81. The number of carboxylic acid groups (broad SMARTS) is 1. The molecule has 0 atom stereocenters. The monoisotopic (exact) mass is 355 g/mol. The molecule has 4 rings (SSSR count). The molecular weight excluding hydrogens is 342 g/mol. The molecule has 0 aliphatic carbocycles. The molecule has 0 aromatic carbocycles. The number of anilines is 1. The topological polar surface area (TPSA) is 155 Å². The molecule has 26 heavy (non-hydrogen) atoms.